The second-order valence-corrected chi connectivity index (χ2v) is 6.69. The predicted octanol–water partition coefficient (Wildman–Crippen LogP) is 4.51. The highest BCUT2D eigenvalue weighted by Crippen LogP contribution is 2.38. The van der Waals surface area contributed by atoms with Crippen LogP contribution in [0.5, 0.6) is 5.75 Å². The second-order valence-electron chi connectivity index (χ2n) is 2.75. The van der Waals surface area contributed by atoms with Crippen LogP contribution in [-0.2, 0) is 0 Å². The molecule has 0 unspecified atom stereocenters. The minimum atomic E-state index is 0.724. The molecule has 0 aliphatic rings. The first kappa shape index (κ1) is 10.9. The first-order valence-electron chi connectivity index (χ1n) is 4.23. The van der Waals surface area contributed by atoms with Crippen molar-refractivity contribution >= 4 is 66.6 Å². The molecule has 0 atom stereocenters. The Hall–Kier alpha value is 0.440. The lowest BCUT2D eigenvalue weighted by Gasteiger charge is -2.04. The van der Waals surface area contributed by atoms with Crippen LogP contribution in [0.2, 0.25) is 0 Å². The summed E-state index contributed by atoms with van der Waals surface area (Å²) in [4.78, 5) is 0. The second kappa shape index (κ2) is 4.52. The maximum atomic E-state index is 5.61. The molecule has 0 aliphatic heterocycles. The summed E-state index contributed by atoms with van der Waals surface area (Å²) in [7, 11) is 0. The summed E-state index contributed by atoms with van der Waals surface area (Å²) in [6, 6.07) is 6.24. The number of ether oxygens (including phenoxy) is 1. The largest absolute Gasteiger partial charge is 0.493 e. The van der Waals surface area contributed by atoms with E-state index in [9.17, 15) is 0 Å². The third-order valence-corrected chi connectivity index (χ3v) is 6.50. The van der Waals surface area contributed by atoms with E-state index in [-0.39, 0.29) is 0 Å². The quantitative estimate of drug-likeness (QED) is 0.638. The van der Waals surface area contributed by atoms with Crippen molar-refractivity contribution < 1.29 is 4.74 Å². The van der Waals surface area contributed by atoms with E-state index in [0.29, 0.717) is 0 Å². The normalized spacial score (nSPS) is 10.8. The molecule has 14 heavy (non-hydrogen) atoms. The van der Waals surface area contributed by atoms with Gasteiger partial charge in [0.1, 0.15) is 5.75 Å². The third-order valence-electron chi connectivity index (χ3n) is 1.88. The molecule has 0 spiro atoms. The predicted molar refractivity (Wildman–Crippen MR) is 78.4 cm³/mol. The highest BCUT2D eigenvalue weighted by Gasteiger charge is 2.11. The van der Waals surface area contributed by atoms with E-state index in [2.05, 4.69) is 57.3 Å². The van der Waals surface area contributed by atoms with Gasteiger partial charge < -0.3 is 4.74 Å². The van der Waals surface area contributed by atoms with E-state index in [1.165, 1.54) is 16.5 Å². The van der Waals surface area contributed by atoms with Gasteiger partial charge in [-0.15, -0.1) is 11.3 Å². The summed E-state index contributed by atoms with van der Waals surface area (Å²) in [5.41, 5.74) is 0. The number of rotatable bonds is 2. The smallest absolute Gasteiger partial charge is 0.129 e. The molecule has 0 bridgehead atoms. The number of thiophene rings is 1. The van der Waals surface area contributed by atoms with Crippen LogP contribution in [0.15, 0.2) is 18.2 Å². The van der Waals surface area contributed by atoms with Crippen LogP contribution in [-0.4, -0.2) is 6.61 Å². The minimum absolute atomic E-state index is 0.724. The molecule has 0 aliphatic carbocycles. The molecular formula is C10H8I2OS. The summed E-state index contributed by atoms with van der Waals surface area (Å²) < 4.78 is 9.57. The van der Waals surface area contributed by atoms with Crippen LogP contribution in [0, 0.1) is 6.45 Å². The highest BCUT2D eigenvalue weighted by atomic mass is 127. The first-order chi connectivity index (χ1) is 6.74. The van der Waals surface area contributed by atoms with Crippen LogP contribution >= 0.6 is 56.5 Å². The van der Waals surface area contributed by atoms with Crippen molar-refractivity contribution in [3.8, 4) is 5.75 Å². The molecule has 1 heterocycles. The van der Waals surface area contributed by atoms with Gasteiger partial charge in [0.05, 0.1) is 9.49 Å². The number of hydrogen-bond acceptors (Lipinski definition) is 2. The number of benzene rings is 1. The fraction of sp³-hybridized carbons (Fsp3) is 0.200. The van der Waals surface area contributed by atoms with E-state index in [1.807, 2.05) is 24.3 Å². The van der Waals surface area contributed by atoms with E-state index in [0.717, 1.165) is 12.4 Å². The summed E-state index contributed by atoms with van der Waals surface area (Å²) in [5.74, 6) is 1.01. The Kier molecular flexibility index (Phi) is 3.54. The van der Waals surface area contributed by atoms with Crippen molar-refractivity contribution in [2.24, 2.45) is 0 Å². The fourth-order valence-electron chi connectivity index (χ4n) is 1.33. The molecule has 0 radical (unpaired) electrons. The Bertz CT molecular complexity index is 464. The molecule has 0 amide bonds. The van der Waals surface area contributed by atoms with Gasteiger partial charge in [-0.1, -0.05) is 6.07 Å². The molecular weight excluding hydrogens is 422 g/mol. The Balaban J connectivity index is 2.71. The van der Waals surface area contributed by atoms with Crippen molar-refractivity contribution in [3.05, 3.63) is 24.7 Å². The Morgan fingerprint density at radius 1 is 1.36 bits per heavy atom. The van der Waals surface area contributed by atoms with Gasteiger partial charge in [-0.3, -0.25) is 0 Å². The first-order valence-corrected chi connectivity index (χ1v) is 7.20. The Labute approximate surface area is 114 Å². The molecule has 0 N–H and O–H groups in total. The number of halogens is 2. The molecule has 0 saturated heterocycles. The summed E-state index contributed by atoms with van der Waals surface area (Å²) in [6.07, 6.45) is 0. The molecule has 2 rings (SSSR count). The van der Waals surface area contributed by atoms with Gasteiger partial charge in [-0.25, -0.2) is 0 Å². The van der Waals surface area contributed by atoms with Gasteiger partial charge in [0.25, 0.3) is 0 Å². The number of fused-ring (bicyclic) bond motifs is 1. The van der Waals surface area contributed by atoms with E-state index in [4.69, 9.17) is 4.74 Å². The van der Waals surface area contributed by atoms with Gasteiger partial charge in [0.2, 0.25) is 0 Å². The van der Waals surface area contributed by atoms with Gasteiger partial charge in [0, 0.05) is 13.7 Å². The van der Waals surface area contributed by atoms with Crippen LogP contribution in [0.4, 0.5) is 0 Å². The zero-order chi connectivity index (χ0) is 10.1. The molecule has 74 valence electrons. The standard InChI is InChI=1S/C10H8I2OS/c1-2-13-6-4-3-5-7-8(6)9(11)10(12)14-7/h3-5H,2H2,1H3. The average Bonchev–Trinajstić information content (AvgIpc) is 2.45. The molecule has 2 aromatic rings. The lowest BCUT2D eigenvalue weighted by atomic mass is 10.2. The van der Waals surface area contributed by atoms with Gasteiger partial charge in [-0.05, 0) is 64.2 Å². The zero-order valence-corrected chi connectivity index (χ0v) is 12.6. The van der Waals surface area contributed by atoms with Crippen molar-refractivity contribution in [1.29, 1.82) is 0 Å². The van der Waals surface area contributed by atoms with Crippen LogP contribution in [0.1, 0.15) is 6.92 Å². The fourth-order valence-corrected chi connectivity index (χ4v) is 4.21. The van der Waals surface area contributed by atoms with E-state index < -0.39 is 0 Å². The van der Waals surface area contributed by atoms with E-state index in [1.54, 1.807) is 0 Å². The molecule has 1 aromatic heterocycles. The lowest BCUT2D eigenvalue weighted by molar-refractivity contribution is 0.344. The van der Waals surface area contributed by atoms with Crippen LogP contribution < -0.4 is 4.74 Å². The monoisotopic (exact) mass is 430 g/mol. The molecule has 0 saturated carbocycles. The zero-order valence-electron chi connectivity index (χ0n) is 7.51. The molecule has 0 fully saturated rings. The van der Waals surface area contributed by atoms with Crippen molar-refractivity contribution in [2.45, 2.75) is 6.92 Å². The summed E-state index contributed by atoms with van der Waals surface area (Å²) in [6.45, 7) is 2.74. The molecule has 1 nitrogen and oxygen atoms in total. The van der Waals surface area contributed by atoms with Gasteiger partial charge >= 0.3 is 0 Å². The van der Waals surface area contributed by atoms with Crippen molar-refractivity contribution in [2.75, 3.05) is 6.61 Å². The van der Waals surface area contributed by atoms with Crippen LogP contribution in [0.3, 0.4) is 0 Å². The van der Waals surface area contributed by atoms with Crippen LogP contribution in [0.25, 0.3) is 10.1 Å². The highest BCUT2D eigenvalue weighted by molar-refractivity contribution is 14.1. The van der Waals surface area contributed by atoms with Gasteiger partial charge in [0.15, 0.2) is 0 Å². The summed E-state index contributed by atoms with van der Waals surface area (Å²) in [5, 5.41) is 1.27. The SMILES string of the molecule is CCOc1cccc2sc(I)c(I)c12. The van der Waals surface area contributed by atoms with E-state index >= 15 is 0 Å². The molecule has 1 aromatic carbocycles. The number of hydrogen-bond donors (Lipinski definition) is 0. The van der Waals surface area contributed by atoms with Crippen molar-refractivity contribution in [3.63, 3.8) is 0 Å². The lowest BCUT2D eigenvalue weighted by Crippen LogP contribution is -1.91. The Morgan fingerprint density at radius 2 is 2.14 bits per heavy atom. The van der Waals surface area contributed by atoms with Crippen molar-refractivity contribution in [1.82, 2.24) is 0 Å². The Morgan fingerprint density at radius 3 is 2.86 bits per heavy atom. The summed E-state index contributed by atoms with van der Waals surface area (Å²) >= 11 is 6.58. The molecule has 4 heteroatoms. The topological polar surface area (TPSA) is 9.23 Å². The minimum Gasteiger partial charge on any atom is -0.493 e. The maximum absolute atomic E-state index is 5.61. The maximum Gasteiger partial charge on any atom is 0.129 e. The average molecular weight is 430 g/mol. The third kappa shape index (κ3) is 1.88. The van der Waals surface area contributed by atoms with Gasteiger partial charge in [-0.2, -0.15) is 0 Å².